The number of anilines is 1. The topological polar surface area (TPSA) is 41.1 Å². The molecule has 3 nitrogen and oxygen atoms in total. The quantitative estimate of drug-likeness (QED) is 0.708. The summed E-state index contributed by atoms with van der Waals surface area (Å²) in [7, 11) is 0. The predicted molar refractivity (Wildman–Crippen MR) is 94.2 cm³/mol. The van der Waals surface area contributed by atoms with Crippen molar-refractivity contribution in [2.45, 2.75) is 6.92 Å². The number of hydrogen-bond donors (Lipinski definition) is 2. The minimum absolute atomic E-state index is 0.272. The first kappa shape index (κ1) is 15.8. The van der Waals surface area contributed by atoms with Crippen LogP contribution in [-0.4, -0.2) is 6.03 Å². The molecule has 0 atom stereocenters. The molecule has 0 aromatic heterocycles. The molecule has 0 bridgehead atoms. The molecule has 0 heterocycles. The fourth-order valence-corrected chi connectivity index (χ4v) is 2.64. The second kappa shape index (κ2) is 7.43. The highest BCUT2D eigenvalue weighted by Crippen LogP contribution is 2.19. The van der Waals surface area contributed by atoms with Crippen molar-refractivity contribution in [3.63, 3.8) is 0 Å². The summed E-state index contributed by atoms with van der Waals surface area (Å²) >= 11 is 6.80. The summed E-state index contributed by atoms with van der Waals surface area (Å²) in [5.74, 6) is 0. The van der Waals surface area contributed by atoms with Gasteiger partial charge in [-0.1, -0.05) is 44.0 Å². The summed E-state index contributed by atoms with van der Waals surface area (Å²) < 4.78 is 1.99. The van der Waals surface area contributed by atoms with E-state index in [1.54, 1.807) is 6.20 Å². The Kier molecular flexibility index (Phi) is 5.59. The lowest BCUT2D eigenvalue weighted by Crippen LogP contribution is -2.24. The van der Waals surface area contributed by atoms with Crippen LogP contribution in [0.3, 0.4) is 0 Å². The molecule has 0 fully saturated rings. The van der Waals surface area contributed by atoms with Crippen LogP contribution in [0.5, 0.6) is 0 Å². The van der Waals surface area contributed by atoms with Crippen molar-refractivity contribution in [2.75, 3.05) is 5.32 Å². The molecule has 0 aliphatic heterocycles. The minimum atomic E-state index is -0.272. The van der Waals surface area contributed by atoms with E-state index >= 15 is 0 Å². The van der Waals surface area contributed by atoms with Gasteiger partial charge in [-0.2, -0.15) is 0 Å². The van der Waals surface area contributed by atoms with Crippen LogP contribution in [0.4, 0.5) is 10.5 Å². The van der Waals surface area contributed by atoms with Crippen LogP contribution in [0.2, 0.25) is 0 Å². The van der Waals surface area contributed by atoms with Crippen LogP contribution >= 0.6 is 31.9 Å². The second-order valence-electron chi connectivity index (χ2n) is 4.45. The van der Waals surface area contributed by atoms with Crippen LogP contribution in [0.15, 0.2) is 57.6 Å². The van der Waals surface area contributed by atoms with Crippen LogP contribution in [-0.2, 0) is 0 Å². The fourth-order valence-electron chi connectivity index (χ4n) is 1.75. The van der Waals surface area contributed by atoms with Gasteiger partial charge in [0, 0.05) is 20.8 Å². The minimum Gasteiger partial charge on any atom is -0.314 e. The number of hydrogen-bond acceptors (Lipinski definition) is 1. The number of halogens is 2. The van der Waals surface area contributed by atoms with E-state index in [2.05, 4.69) is 42.5 Å². The summed E-state index contributed by atoms with van der Waals surface area (Å²) in [6.45, 7) is 1.94. The van der Waals surface area contributed by atoms with E-state index in [1.807, 2.05) is 55.5 Å². The first-order valence-electron chi connectivity index (χ1n) is 6.30. The lowest BCUT2D eigenvalue weighted by Gasteiger charge is -2.08. The molecule has 21 heavy (non-hydrogen) atoms. The molecule has 0 aliphatic rings. The van der Waals surface area contributed by atoms with E-state index in [-0.39, 0.29) is 6.03 Å². The van der Waals surface area contributed by atoms with Crippen molar-refractivity contribution in [1.82, 2.24) is 5.32 Å². The van der Waals surface area contributed by atoms with Crippen molar-refractivity contribution in [3.05, 3.63) is 68.7 Å². The molecular weight excluding hydrogens is 396 g/mol. The molecule has 2 rings (SSSR count). The van der Waals surface area contributed by atoms with Gasteiger partial charge in [0.25, 0.3) is 0 Å². The SMILES string of the molecule is Cc1cc(Br)ccc1NC(=O)N/C=C/c1cccc(Br)c1. The Bertz CT molecular complexity index is 684. The Labute approximate surface area is 140 Å². The second-order valence-corrected chi connectivity index (χ2v) is 6.28. The lowest BCUT2D eigenvalue weighted by atomic mass is 10.2. The zero-order valence-electron chi connectivity index (χ0n) is 11.4. The lowest BCUT2D eigenvalue weighted by molar-refractivity contribution is 0.255. The van der Waals surface area contributed by atoms with Crippen molar-refractivity contribution >= 4 is 49.7 Å². The van der Waals surface area contributed by atoms with E-state index in [4.69, 9.17) is 0 Å². The maximum atomic E-state index is 11.8. The predicted octanol–water partition coefficient (Wildman–Crippen LogP) is 5.31. The molecule has 2 amide bonds. The maximum absolute atomic E-state index is 11.8. The Morgan fingerprint density at radius 3 is 2.57 bits per heavy atom. The van der Waals surface area contributed by atoms with Gasteiger partial charge in [-0.05, 0) is 54.5 Å². The van der Waals surface area contributed by atoms with Gasteiger partial charge < -0.3 is 10.6 Å². The number of nitrogens with one attached hydrogen (secondary N) is 2. The molecular formula is C16H14Br2N2O. The number of carbonyl (C=O) groups is 1. The Morgan fingerprint density at radius 1 is 1.10 bits per heavy atom. The summed E-state index contributed by atoms with van der Waals surface area (Å²) in [4.78, 5) is 11.8. The van der Waals surface area contributed by atoms with Crippen molar-refractivity contribution < 1.29 is 4.79 Å². The largest absolute Gasteiger partial charge is 0.323 e. The number of carbonyl (C=O) groups excluding carboxylic acids is 1. The highest BCUT2D eigenvalue weighted by Gasteiger charge is 2.02. The standard InChI is InChI=1S/C16H14Br2N2O/c1-11-9-14(18)5-6-15(11)20-16(21)19-8-7-12-3-2-4-13(17)10-12/h2-10H,1H3,(H2,19,20,21)/b8-7+. The van der Waals surface area contributed by atoms with Gasteiger partial charge in [0.1, 0.15) is 0 Å². The third-order valence-electron chi connectivity index (χ3n) is 2.78. The zero-order chi connectivity index (χ0) is 15.2. The van der Waals surface area contributed by atoms with Gasteiger partial charge in [-0.15, -0.1) is 0 Å². The maximum Gasteiger partial charge on any atom is 0.323 e. The molecule has 5 heteroatoms. The normalized spacial score (nSPS) is 10.6. The van der Waals surface area contributed by atoms with E-state index in [1.165, 1.54) is 0 Å². The van der Waals surface area contributed by atoms with Crippen LogP contribution < -0.4 is 10.6 Å². The summed E-state index contributed by atoms with van der Waals surface area (Å²) in [6.07, 6.45) is 3.45. The molecule has 0 radical (unpaired) electrons. The first-order valence-corrected chi connectivity index (χ1v) is 7.89. The van der Waals surface area contributed by atoms with E-state index in [9.17, 15) is 4.79 Å². The number of urea groups is 1. The Morgan fingerprint density at radius 2 is 1.86 bits per heavy atom. The van der Waals surface area contributed by atoms with E-state index in [0.717, 1.165) is 25.8 Å². The van der Waals surface area contributed by atoms with Crippen molar-refractivity contribution in [3.8, 4) is 0 Å². The highest BCUT2D eigenvalue weighted by molar-refractivity contribution is 9.10. The third-order valence-corrected chi connectivity index (χ3v) is 3.76. The Balaban J connectivity index is 1.93. The van der Waals surface area contributed by atoms with Gasteiger partial charge >= 0.3 is 6.03 Å². The fraction of sp³-hybridized carbons (Fsp3) is 0.0625. The summed E-state index contributed by atoms with van der Waals surface area (Å²) in [5, 5.41) is 5.49. The summed E-state index contributed by atoms with van der Waals surface area (Å²) in [6, 6.07) is 13.2. The average Bonchev–Trinajstić information content (AvgIpc) is 2.42. The van der Waals surface area contributed by atoms with Gasteiger partial charge in [0.05, 0.1) is 0 Å². The Hall–Kier alpha value is -1.59. The van der Waals surface area contributed by atoms with Gasteiger partial charge in [-0.25, -0.2) is 4.79 Å². The third kappa shape index (κ3) is 5.02. The van der Waals surface area contributed by atoms with Gasteiger partial charge in [0.15, 0.2) is 0 Å². The van der Waals surface area contributed by atoms with Crippen LogP contribution in [0.1, 0.15) is 11.1 Å². The number of benzene rings is 2. The molecule has 2 aromatic rings. The number of rotatable bonds is 3. The number of aryl methyl sites for hydroxylation is 1. The molecule has 0 aliphatic carbocycles. The molecule has 2 aromatic carbocycles. The molecule has 0 spiro atoms. The molecule has 0 saturated carbocycles. The van der Waals surface area contributed by atoms with E-state index in [0.29, 0.717) is 0 Å². The van der Waals surface area contributed by atoms with Crippen molar-refractivity contribution in [1.29, 1.82) is 0 Å². The molecule has 0 saturated heterocycles. The molecule has 2 N–H and O–H groups in total. The average molecular weight is 410 g/mol. The zero-order valence-corrected chi connectivity index (χ0v) is 14.5. The van der Waals surface area contributed by atoms with Gasteiger partial charge in [-0.3, -0.25) is 0 Å². The monoisotopic (exact) mass is 408 g/mol. The first-order chi connectivity index (χ1) is 10.0. The summed E-state index contributed by atoms with van der Waals surface area (Å²) in [5.41, 5.74) is 2.78. The smallest absolute Gasteiger partial charge is 0.314 e. The van der Waals surface area contributed by atoms with E-state index < -0.39 is 0 Å². The van der Waals surface area contributed by atoms with Gasteiger partial charge in [0.2, 0.25) is 0 Å². The molecule has 108 valence electrons. The van der Waals surface area contributed by atoms with Crippen LogP contribution in [0, 0.1) is 6.92 Å². The highest BCUT2D eigenvalue weighted by atomic mass is 79.9. The van der Waals surface area contributed by atoms with Crippen molar-refractivity contribution in [2.24, 2.45) is 0 Å². The molecule has 0 unspecified atom stereocenters. The van der Waals surface area contributed by atoms with Crippen LogP contribution in [0.25, 0.3) is 6.08 Å². The number of amides is 2.